The number of hydrogen-bond acceptors (Lipinski definition) is 3. The molecule has 0 radical (unpaired) electrons. The highest BCUT2D eigenvalue weighted by molar-refractivity contribution is 5.32. The van der Waals surface area contributed by atoms with Crippen LogP contribution >= 0.6 is 0 Å². The molecule has 0 spiro atoms. The van der Waals surface area contributed by atoms with Crippen LogP contribution in [0.15, 0.2) is 4.99 Å². The van der Waals surface area contributed by atoms with E-state index in [0.717, 1.165) is 6.42 Å². The SMILES string of the molecule is CC(CCN)CN=C=O. The fraction of sp³-hybridized carbons (Fsp3) is 0.833. The van der Waals surface area contributed by atoms with Crippen LogP contribution in [0.1, 0.15) is 13.3 Å². The summed E-state index contributed by atoms with van der Waals surface area (Å²) >= 11 is 0. The average Bonchev–Trinajstić information content (AvgIpc) is 1.85. The molecule has 0 saturated carbocycles. The van der Waals surface area contributed by atoms with Crippen molar-refractivity contribution in [1.29, 1.82) is 0 Å². The fourth-order valence-electron chi connectivity index (χ4n) is 0.569. The highest BCUT2D eigenvalue weighted by Gasteiger charge is 1.96. The maximum absolute atomic E-state index is 9.59. The van der Waals surface area contributed by atoms with Gasteiger partial charge in [-0.2, -0.15) is 0 Å². The van der Waals surface area contributed by atoms with E-state index in [4.69, 9.17) is 5.73 Å². The molecule has 0 fully saturated rings. The minimum Gasteiger partial charge on any atom is -0.330 e. The van der Waals surface area contributed by atoms with Crippen molar-refractivity contribution in [2.75, 3.05) is 13.1 Å². The molecule has 0 aliphatic carbocycles. The molecular formula is C6H12N2O. The van der Waals surface area contributed by atoms with Gasteiger partial charge in [0.1, 0.15) is 0 Å². The van der Waals surface area contributed by atoms with Crippen LogP contribution in [-0.4, -0.2) is 19.2 Å². The van der Waals surface area contributed by atoms with Crippen molar-refractivity contribution >= 4 is 6.08 Å². The second-order valence-corrected chi connectivity index (χ2v) is 2.11. The molecule has 3 heteroatoms. The lowest BCUT2D eigenvalue weighted by molar-refractivity contribution is 0.536. The summed E-state index contributed by atoms with van der Waals surface area (Å²) in [6, 6.07) is 0. The van der Waals surface area contributed by atoms with E-state index >= 15 is 0 Å². The summed E-state index contributed by atoms with van der Waals surface area (Å²) in [6.07, 6.45) is 2.41. The first-order chi connectivity index (χ1) is 4.31. The summed E-state index contributed by atoms with van der Waals surface area (Å²) in [5.74, 6) is 0.413. The van der Waals surface area contributed by atoms with Gasteiger partial charge in [0.25, 0.3) is 0 Å². The molecule has 0 aromatic rings. The Labute approximate surface area is 55.0 Å². The molecule has 0 amide bonds. The van der Waals surface area contributed by atoms with E-state index in [1.54, 1.807) is 0 Å². The molecule has 0 aromatic carbocycles. The van der Waals surface area contributed by atoms with Crippen molar-refractivity contribution in [3.8, 4) is 0 Å². The zero-order valence-electron chi connectivity index (χ0n) is 5.63. The van der Waals surface area contributed by atoms with Gasteiger partial charge < -0.3 is 5.73 Å². The summed E-state index contributed by atoms with van der Waals surface area (Å²) < 4.78 is 0. The lowest BCUT2D eigenvalue weighted by atomic mass is 10.1. The Morgan fingerprint density at radius 1 is 1.78 bits per heavy atom. The topological polar surface area (TPSA) is 55.4 Å². The molecule has 0 aliphatic rings. The Kier molecular flexibility index (Phi) is 5.07. The van der Waals surface area contributed by atoms with E-state index in [2.05, 4.69) is 4.99 Å². The Morgan fingerprint density at radius 3 is 2.89 bits per heavy atom. The zero-order chi connectivity index (χ0) is 7.11. The van der Waals surface area contributed by atoms with Crippen LogP contribution in [0.2, 0.25) is 0 Å². The molecule has 1 unspecified atom stereocenters. The van der Waals surface area contributed by atoms with Gasteiger partial charge >= 0.3 is 0 Å². The minimum atomic E-state index is 0.413. The van der Waals surface area contributed by atoms with Gasteiger partial charge in [0.05, 0.1) is 6.54 Å². The number of isocyanates is 1. The van der Waals surface area contributed by atoms with Crippen molar-refractivity contribution in [1.82, 2.24) is 0 Å². The van der Waals surface area contributed by atoms with E-state index in [9.17, 15) is 4.79 Å². The minimum absolute atomic E-state index is 0.413. The summed E-state index contributed by atoms with van der Waals surface area (Å²) in [6.45, 7) is 3.23. The van der Waals surface area contributed by atoms with Crippen LogP contribution in [-0.2, 0) is 4.79 Å². The quantitative estimate of drug-likeness (QED) is 0.437. The molecule has 0 aliphatic heterocycles. The molecule has 9 heavy (non-hydrogen) atoms. The van der Waals surface area contributed by atoms with Crippen molar-refractivity contribution in [2.45, 2.75) is 13.3 Å². The molecule has 0 bridgehead atoms. The van der Waals surface area contributed by atoms with Crippen molar-refractivity contribution in [3.05, 3.63) is 0 Å². The molecule has 0 heterocycles. The Bertz CT molecular complexity index is 108. The third-order valence-corrected chi connectivity index (χ3v) is 1.13. The molecule has 52 valence electrons. The molecule has 2 N–H and O–H groups in total. The van der Waals surface area contributed by atoms with Crippen LogP contribution in [0.3, 0.4) is 0 Å². The Hall–Kier alpha value is -0.660. The maximum atomic E-state index is 9.59. The highest BCUT2D eigenvalue weighted by Crippen LogP contribution is 1.98. The predicted octanol–water partition coefficient (Wildman–Crippen LogP) is 0.307. The molecule has 1 atom stereocenters. The van der Waals surface area contributed by atoms with E-state index in [1.807, 2.05) is 6.92 Å². The number of nitrogens with zero attached hydrogens (tertiary/aromatic N) is 1. The second-order valence-electron chi connectivity index (χ2n) is 2.11. The van der Waals surface area contributed by atoms with Crippen molar-refractivity contribution in [3.63, 3.8) is 0 Å². The maximum Gasteiger partial charge on any atom is 0.234 e. The summed E-state index contributed by atoms with van der Waals surface area (Å²) in [5.41, 5.74) is 5.26. The van der Waals surface area contributed by atoms with Gasteiger partial charge in [0.2, 0.25) is 6.08 Å². The van der Waals surface area contributed by atoms with Gasteiger partial charge in [-0.25, -0.2) is 9.79 Å². The van der Waals surface area contributed by atoms with Crippen LogP contribution in [0, 0.1) is 5.92 Å². The number of aliphatic imine (C=N–C) groups is 1. The Balaban J connectivity index is 3.25. The lowest BCUT2D eigenvalue weighted by Crippen LogP contribution is -2.07. The van der Waals surface area contributed by atoms with Crippen LogP contribution < -0.4 is 5.73 Å². The monoisotopic (exact) mass is 128 g/mol. The van der Waals surface area contributed by atoms with Crippen LogP contribution in [0.5, 0.6) is 0 Å². The molecular weight excluding hydrogens is 116 g/mol. The van der Waals surface area contributed by atoms with Gasteiger partial charge in [-0.05, 0) is 18.9 Å². The number of nitrogens with two attached hydrogens (primary N) is 1. The predicted molar refractivity (Wildman–Crippen MR) is 35.8 cm³/mol. The second kappa shape index (κ2) is 5.48. The molecule has 0 rings (SSSR count). The fourth-order valence-corrected chi connectivity index (χ4v) is 0.569. The first kappa shape index (κ1) is 8.34. The number of rotatable bonds is 4. The van der Waals surface area contributed by atoms with Gasteiger partial charge in [-0.3, -0.25) is 0 Å². The Morgan fingerprint density at radius 2 is 2.44 bits per heavy atom. The third-order valence-electron chi connectivity index (χ3n) is 1.13. The first-order valence-electron chi connectivity index (χ1n) is 3.05. The molecule has 3 nitrogen and oxygen atoms in total. The van der Waals surface area contributed by atoms with Gasteiger partial charge in [-0.15, -0.1) is 0 Å². The first-order valence-corrected chi connectivity index (χ1v) is 3.05. The van der Waals surface area contributed by atoms with Crippen molar-refractivity contribution < 1.29 is 4.79 Å². The molecule has 0 saturated heterocycles. The van der Waals surface area contributed by atoms with Crippen molar-refractivity contribution in [2.24, 2.45) is 16.6 Å². The summed E-state index contributed by atoms with van der Waals surface area (Å²) in [7, 11) is 0. The summed E-state index contributed by atoms with van der Waals surface area (Å²) in [4.78, 5) is 13.0. The van der Waals surface area contributed by atoms with E-state index in [1.165, 1.54) is 6.08 Å². The van der Waals surface area contributed by atoms with E-state index in [0.29, 0.717) is 19.0 Å². The lowest BCUT2D eigenvalue weighted by Gasteiger charge is -2.02. The zero-order valence-corrected chi connectivity index (χ0v) is 5.63. The smallest absolute Gasteiger partial charge is 0.234 e. The van der Waals surface area contributed by atoms with Gasteiger partial charge in [-0.1, -0.05) is 6.92 Å². The van der Waals surface area contributed by atoms with Gasteiger partial charge in [0.15, 0.2) is 0 Å². The van der Waals surface area contributed by atoms with Gasteiger partial charge in [0, 0.05) is 0 Å². The van der Waals surface area contributed by atoms with E-state index < -0.39 is 0 Å². The third kappa shape index (κ3) is 5.21. The average molecular weight is 128 g/mol. The van der Waals surface area contributed by atoms with Crippen LogP contribution in [0.25, 0.3) is 0 Å². The van der Waals surface area contributed by atoms with Crippen LogP contribution in [0.4, 0.5) is 0 Å². The largest absolute Gasteiger partial charge is 0.330 e. The normalized spacial score (nSPS) is 12.2. The molecule has 0 aromatic heterocycles. The van der Waals surface area contributed by atoms with E-state index in [-0.39, 0.29) is 0 Å². The number of carbonyl (C=O) groups excluding carboxylic acids is 1. The highest BCUT2D eigenvalue weighted by atomic mass is 16.1. The number of hydrogen-bond donors (Lipinski definition) is 1. The standard InChI is InChI=1S/C6H12N2O/c1-6(2-3-7)4-8-5-9/h6H,2-4,7H2,1H3. The summed E-state index contributed by atoms with van der Waals surface area (Å²) in [5, 5.41) is 0.